The van der Waals surface area contributed by atoms with E-state index in [2.05, 4.69) is 26.1 Å². The van der Waals surface area contributed by atoms with Gasteiger partial charge in [-0.15, -0.1) is 11.3 Å². The molecule has 1 aliphatic rings. The van der Waals surface area contributed by atoms with Crippen molar-refractivity contribution in [1.29, 1.82) is 0 Å². The predicted molar refractivity (Wildman–Crippen MR) is 159 cm³/mol. The number of benzene rings is 2. The van der Waals surface area contributed by atoms with Crippen LogP contribution in [0.15, 0.2) is 76.3 Å². The fraction of sp³-hybridized carbons (Fsp3) is 0.312. The fourth-order valence-corrected chi connectivity index (χ4v) is 6.26. The van der Waals surface area contributed by atoms with Crippen molar-refractivity contribution in [2.45, 2.75) is 53.2 Å². The summed E-state index contributed by atoms with van der Waals surface area (Å²) in [6, 6.07) is 19.1. The summed E-state index contributed by atoms with van der Waals surface area (Å²) >= 11 is 7.62. The van der Waals surface area contributed by atoms with E-state index in [-0.39, 0.29) is 11.3 Å². The lowest BCUT2D eigenvalue weighted by Crippen LogP contribution is -2.28. The molecule has 1 amide bonds. The molecule has 0 fully saturated rings. The fourth-order valence-electron chi connectivity index (χ4n) is 4.87. The van der Waals surface area contributed by atoms with Crippen LogP contribution in [0.1, 0.15) is 64.9 Å². The van der Waals surface area contributed by atoms with Crippen LogP contribution < -0.4 is 10.1 Å². The Morgan fingerprint density at radius 1 is 1.18 bits per heavy atom. The lowest BCUT2D eigenvalue weighted by Gasteiger charge is -2.33. The maximum Gasteiger partial charge on any atom is 0.255 e. The number of halogens is 1. The Morgan fingerprint density at radius 2 is 2.00 bits per heavy atom. The van der Waals surface area contributed by atoms with Gasteiger partial charge in [-0.05, 0) is 83.7 Å². The van der Waals surface area contributed by atoms with Crippen molar-refractivity contribution in [2.24, 2.45) is 16.3 Å². The van der Waals surface area contributed by atoms with Crippen molar-refractivity contribution < 1.29 is 13.9 Å². The molecule has 1 N–H and O–H groups in total. The SMILES string of the molecule is CC(C)(C)[C@@H]1CCc2c(sc(N=Cc3cccc(OCc4ccc(Cl)cc4)c3)c2C(=O)NCc2ccco2)C1. The van der Waals surface area contributed by atoms with Crippen molar-refractivity contribution in [3.05, 3.63) is 105 Å². The zero-order valence-electron chi connectivity index (χ0n) is 22.5. The Balaban J connectivity index is 1.37. The van der Waals surface area contributed by atoms with Crippen molar-refractivity contribution in [3.8, 4) is 5.75 Å². The van der Waals surface area contributed by atoms with Gasteiger partial charge in [0.05, 0.1) is 18.4 Å². The Hall–Kier alpha value is -3.35. The molecule has 0 aliphatic heterocycles. The van der Waals surface area contributed by atoms with Crippen LogP contribution in [0.25, 0.3) is 0 Å². The summed E-state index contributed by atoms with van der Waals surface area (Å²) < 4.78 is 11.4. The Labute approximate surface area is 238 Å². The number of hydrogen-bond donors (Lipinski definition) is 1. The van der Waals surface area contributed by atoms with E-state index < -0.39 is 0 Å². The van der Waals surface area contributed by atoms with E-state index in [4.69, 9.17) is 25.7 Å². The van der Waals surface area contributed by atoms with E-state index in [0.717, 1.165) is 52.5 Å². The summed E-state index contributed by atoms with van der Waals surface area (Å²) in [6.45, 7) is 7.69. The molecular formula is C32H33ClN2O3S. The van der Waals surface area contributed by atoms with Crippen LogP contribution in [0.5, 0.6) is 5.75 Å². The topological polar surface area (TPSA) is 63.8 Å². The zero-order valence-corrected chi connectivity index (χ0v) is 24.1. The van der Waals surface area contributed by atoms with Crippen molar-refractivity contribution in [2.75, 3.05) is 0 Å². The standard InChI is InChI=1S/C32H33ClN2O3S/c1-32(2,3)23-11-14-27-28(17-23)39-31(29(27)30(36)34-19-26-8-5-15-37-26)35-18-22-6-4-7-25(16-22)38-20-21-9-12-24(33)13-10-21/h4-10,12-13,15-16,18,23H,11,14,17,19-20H2,1-3H3,(H,34,36)/t23-/m1/s1. The van der Waals surface area contributed by atoms with Gasteiger partial charge in [0.25, 0.3) is 5.91 Å². The lowest BCUT2D eigenvalue weighted by molar-refractivity contribution is 0.0947. The smallest absolute Gasteiger partial charge is 0.255 e. The number of aliphatic imine (C=N–C) groups is 1. The average Bonchev–Trinajstić information content (AvgIpc) is 3.57. The quantitative estimate of drug-likeness (QED) is 0.220. The van der Waals surface area contributed by atoms with Gasteiger partial charge in [-0.25, -0.2) is 4.99 Å². The molecule has 0 bridgehead atoms. The summed E-state index contributed by atoms with van der Waals surface area (Å²) in [7, 11) is 0. The minimum Gasteiger partial charge on any atom is -0.489 e. The number of carbonyl (C=O) groups is 1. The van der Waals surface area contributed by atoms with E-state index in [1.54, 1.807) is 17.6 Å². The van der Waals surface area contributed by atoms with E-state index in [9.17, 15) is 4.79 Å². The third-order valence-electron chi connectivity index (χ3n) is 7.21. The molecule has 5 rings (SSSR count). The number of carbonyl (C=O) groups excluding carboxylic acids is 1. The number of fused-ring (bicyclic) bond motifs is 1. The zero-order chi connectivity index (χ0) is 27.4. The molecule has 0 spiro atoms. The number of furan rings is 1. The van der Waals surface area contributed by atoms with Crippen molar-refractivity contribution in [3.63, 3.8) is 0 Å². The van der Waals surface area contributed by atoms with Crippen LogP contribution in [-0.4, -0.2) is 12.1 Å². The van der Waals surface area contributed by atoms with Crippen LogP contribution in [0.4, 0.5) is 5.00 Å². The second-order valence-corrected chi connectivity index (χ2v) is 12.5. The maximum absolute atomic E-state index is 13.4. The summed E-state index contributed by atoms with van der Waals surface area (Å²) in [4.78, 5) is 19.5. The Bertz CT molecular complexity index is 1450. The van der Waals surface area contributed by atoms with Crippen molar-refractivity contribution in [1.82, 2.24) is 5.32 Å². The molecule has 1 atom stereocenters. The molecule has 0 unspecified atom stereocenters. The summed E-state index contributed by atoms with van der Waals surface area (Å²) in [5.74, 6) is 1.95. The lowest BCUT2D eigenvalue weighted by atomic mass is 9.72. The first-order valence-electron chi connectivity index (χ1n) is 13.2. The number of thiophene rings is 1. The molecule has 4 aromatic rings. The molecular weight excluding hydrogens is 528 g/mol. The third-order valence-corrected chi connectivity index (χ3v) is 8.62. The van der Waals surface area contributed by atoms with Gasteiger partial charge < -0.3 is 14.5 Å². The van der Waals surface area contributed by atoms with Crippen molar-refractivity contribution >= 4 is 40.1 Å². The second kappa shape index (κ2) is 11.8. The first-order chi connectivity index (χ1) is 18.8. The van der Waals surface area contributed by atoms with Crippen LogP contribution >= 0.6 is 22.9 Å². The summed E-state index contributed by atoms with van der Waals surface area (Å²) in [5.41, 5.74) is 4.01. The molecule has 39 heavy (non-hydrogen) atoms. The van der Waals surface area contributed by atoms with Crippen LogP contribution in [-0.2, 0) is 26.0 Å². The number of hydrogen-bond acceptors (Lipinski definition) is 5. The highest BCUT2D eigenvalue weighted by molar-refractivity contribution is 7.16. The highest BCUT2D eigenvalue weighted by Gasteiger charge is 2.33. The van der Waals surface area contributed by atoms with E-state index in [1.165, 1.54) is 4.88 Å². The van der Waals surface area contributed by atoms with Gasteiger partial charge >= 0.3 is 0 Å². The van der Waals surface area contributed by atoms with Gasteiger partial charge in [0.2, 0.25) is 0 Å². The van der Waals surface area contributed by atoms with Gasteiger partial charge in [0.15, 0.2) is 0 Å². The Kier molecular flexibility index (Phi) is 8.24. The number of ether oxygens (including phenoxy) is 1. The molecule has 1 aliphatic carbocycles. The van der Waals surface area contributed by atoms with Crippen LogP contribution in [0.2, 0.25) is 5.02 Å². The van der Waals surface area contributed by atoms with Gasteiger partial charge in [0, 0.05) is 16.1 Å². The molecule has 0 radical (unpaired) electrons. The average molecular weight is 561 g/mol. The van der Waals surface area contributed by atoms with Crippen LogP contribution in [0, 0.1) is 11.3 Å². The molecule has 0 saturated carbocycles. The molecule has 7 heteroatoms. The normalized spacial score (nSPS) is 15.3. The van der Waals surface area contributed by atoms with E-state index in [0.29, 0.717) is 29.7 Å². The largest absolute Gasteiger partial charge is 0.489 e. The number of rotatable bonds is 8. The third kappa shape index (κ3) is 6.81. The highest BCUT2D eigenvalue weighted by atomic mass is 35.5. The molecule has 2 aromatic heterocycles. The highest BCUT2D eigenvalue weighted by Crippen LogP contribution is 2.45. The second-order valence-electron chi connectivity index (χ2n) is 11.0. The molecule has 2 aromatic carbocycles. The molecule has 202 valence electrons. The van der Waals surface area contributed by atoms with Gasteiger partial charge in [-0.2, -0.15) is 0 Å². The maximum atomic E-state index is 13.4. The van der Waals surface area contributed by atoms with Gasteiger partial charge in [-0.1, -0.05) is 56.6 Å². The number of nitrogens with one attached hydrogen (secondary N) is 1. The minimum atomic E-state index is -0.106. The molecule has 2 heterocycles. The summed E-state index contributed by atoms with van der Waals surface area (Å²) in [6.07, 6.45) is 6.37. The number of nitrogens with zero attached hydrogens (tertiary/aromatic N) is 1. The minimum absolute atomic E-state index is 0.106. The van der Waals surface area contributed by atoms with Crippen LogP contribution in [0.3, 0.4) is 0 Å². The van der Waals surface area contributed by atoms with Gasteiger partial charge in [-0.3, -0.25) is 4.79 Å². The number of amides is 1. The summed E-state index contributed by atoms with van der Waals surface area (Å²) in [5, 5.41) is 4.49. The predicted octanol–water partition coefficient (Wildman–Crippen LogP) is 8.41. The molecule has 0 saturated heterocycles. The molecule has 5 nitrogen and oxygen atoms in total. The monoisotopic (exact) mass is 560 g/mol. The Morgan fingerprint density at radius 3 is 2.74 bits per heavy atom. The van der Waals surface area contributed by atoms with E-state index >= 15 is 0 Å². The first kappa shape index (κ1) is 27.2. The first-order valence-corrected chi connectivity index (χ1v) is 14.4. The van der Waals surface area contributed by atoms with Gasteiger partial charge in [0.1, 0.15) is 23.1 Å². The van der Waals surface area contributed by atoms with E-state index in [1.807, 2.05) is 66.9 Å².